The van der Waals surface area contributed by atoms with Crippen LogP contribution in [0.1, 0.15) is 25.9 Å². The van der Waals surface area contributed by atoms with Gasteiger partial charge in [-0.15, -0.1) is 23.7 Å². The van der Waals surface area contributed by atoms with E-state index in [1.54, 1.807) is 38.1 Å². The Morgan fingerprint density at radius 2 is 1.93 bits per heavy atom. The summed E-state index contributed by atoms with van der Waals surface area (Å²) in [4.78, 5) is 24.2. The minimum absolute atomic E-state index is 0. The van der Waals surface area contributed by atoms with Gasteiger partial charge in [0.25, 0.3) is 0 Å². The number of nitrogens with two attached hydrogens (primary N) is 1. The number of ketones is 1. The van der Waals surface area contributed by atoms with Crippen LogP contribution in [0.15, 0.2) is 29.3 Å². The number of Topliss-reactive ketones (excluding diaryl/α,β-unsaturated/α-hetero) is 1. The number of carbonyl (C=O) groups is 1. The number of thiophene rings is 1. The highest BCUT2D eigenvalue weighted by Gasteiger charge is 2.32. The molecule has 162 valence electrons. The molecule has 0 unspecified atom stereocenters. The van der Waals surface area contributed by atoms with Crippen LogP contribution in [0, 0.1) is 6.92 Å². The standard InChI is InChI=1S/C19H19F3N4OS2.ClH/c1-10-24-17-13(6-11(19(20,21)22)7-14(17)26(2)3)18(25-10)28-9-15(27)16-5-4-12(8-23)29-16;/h4-7H,8-9,23H2,1-3H3;1H. The number of halogens is 4. The quantitative estimate of drug-likeness (QED) is 0.308. The summed E-state index contributed by atoms with van der Waals surface area (Å²) in [7, 11) is 3.32. The van der Waals surface area contributed by atoms with Gasteiger partial charge in [-0.05, 0) is 31.2 Å². The Balaban J connectivity index is 0.00000320. The summed E-state index contributed by atoms with van der Waals surface area (Å²) in [6.45, 7) is 2.03. The average molecular weight is 477 g/mol. The van der Waals surface area contributed by atoms with Crippen LogP contribution in [-0.4, -0.2) is 35.6 Å². The molecule has 0 radical (unpaired) electrons. The van der Waals surface area contributed by atoms with Crippen molar-refractivity contribution in [1.29, 1.82) is 0 Å². The fourth-order valence-electron chi connectivity index (χ4n) is 2.75. The molecule has 5 nitrogen and oxygen atoms in total. The van der Waals surface area contributed by atoms with Gasteiger partial charge >= 0.3 is 6.18 Å². The van der Waals surface area contributed by atoms with Crippen molar-refractivity contribution in [2.45, 2.75) is 24.7 Å². The van der Waals surface area contributed by atoms with Crippen molar-refractivity contribution in [1.82, 2.24) is 9.97 Å². The zero-order valence-electron chi connectivity index (χ0n) is 16.4. The van der Waals surface area contributed by atoms with E-state index in [9.17, 15) is 18.0 Å². The van der Waals surface area contributed by atoms with Crippen molar-refractivity contribution in [3.05, 3.63) is 45.4 Å². The molecule has 3 aromatic rings. The van der Waals surface area contributed by atoms with Crippen molar-refractivity contribution >= 4 is 57.9 Å². The predicted octanol–water partition coefficient (Wildman–Crippen LogP) is 4.94. The molecule has 0 amide bonds. The second-order valence-corrected chi connectivity index (χ2v) is 8.67. The Kier molecular flexibility index (Phi) is 7.73. The molecule has 0 atom stereocenters. The van der Waals surface area contributed by atoms with Gasteiger partial charge in [-0.3, -0.25) is 4.79 Å². The number of benzene rings is 1. The highest BCUT2D eigenvalue weighted by atomic mass is 35.5. The summed E-state index contributed by atoms with van der Waals surface area (Å²) in [5, 5.41) is 0.631. The minimum atomic E-state index is -4.50. The lowest BCUT2D eigenvalue weighted by molar-refractivity contribution is -0.137. The van der Waals surface area contributed by atoms with Gasteiger partial charge in [0.15, 0.2) is 5.78 Å². The maximum atomic E-state index is 13.4. The Morgan fingerprint density at radius 3 is 2.50 bits per heavy atom. The Bertz CT molecular complexity index is 1070. The molecular formula is C19H20ClF3N4OS2. The smallest absolute Gasteiger partial charge is 0.376 e. The second kappa shape index (κ2) is 9.51. The van der Waals surface area contributed by atoms with Gasteiger partial charge in [-0.1, -0.05) is 11.8 Å². The lowest BCUT2D eigenvalue weighted by atomic mass is 10.1. The van der Waals surface area contributed by atoms with Crippen LogP contribution in [0.5, 0.6) is 0 Å². The molecule has 1 aromatic carbocycles. The molecule has 0 bridgehead atoms. The van der Waals surface area contributed by atoms with Crippen LogP contribution in [0.3, 0.4) is 0 Å². The van der Waals surface area contributed by atoms with Gasteiger partial charge in [-0.25, -0.2) is 9.97 Å². The first-order valence-corrected chi connectivity index (χ1v) is 10.4. The second-order valence-electron chi connectivity index (χ2n) is 6.54. The number of carbonyl (C=O) groups excluding carboxylic acids is 1. The Morgan fingerprint density at radius 1 is 1.23 bits per heavy atom. The summed E-state index contributed by atoms with van der Waals surface area (Å²) < 4.78 is 40.2. The van der Waals surface area contributed by atoms with Gasteiger partial charge in [0, 0.05) is 30.9 Å². The first-order valence-electron chi connectivity index (χ1n) is 8.62. The molecule has 11 heteroatoms. The van der Waals surface area contributed by atoms with Gasteiger partial charge in [0.1, 0.15) is 10.9 Å². The monoisotopic (exact) mass is 476 g/mol. The number of aromatic nitrogens is 2. The first-order chi connectivity index (χ1) is 13.6. The highest BCUT2D eigenvalue weighted by molar-refractivity contribution is 8.00. The maximum Gasteiger partial charge on any atom is 0.416 e. The van der Waals surface area contributed by atoms with Crippen LogP contribution < -0.4 is 10.6 Å². The molecule has 3 rings (SSSR count). The number of alkyl halides is 3. The molecule has 0 saturated heterocycles. The first kappa shape index (κ1) is 24.4. The summed E-state index contributed by atoms with van der Waals surface area (Å²) in [5.74, 6) is 0.365. The molecule has 0 spiro atoms. The van der Waals surface area contributed by atoms with Gasteiger partial charge in [0.2, 0.25) is 0 Å². The zero-order chi connectivity index (χ0) is 21.3. The molecule has 0 saturated carbocycles. The number of aryl methyl sites for hydroxylation is 1. The SMILES string of the molecule is Cc1nc(SCC(=O)c2ccc(CN)s2)c2cc(C(F)(F)F)cc(N(C)C)c2n1.Cl. The fourth-order valence-corrected chi connectivity index (χ4v) is 4.60. The number of nitrogens with zero attached hydrogens (tertiary/aromatic N) is 3. The Hall–Kier alpha value is -1.88. The molecule has 0 aliphatic rings. The topological polar surface area (TPSA) is 72.1 Å². The van der Waals surface area contributed by atoms with Crippen LogP contribution in [0.2, 0.25) is 0 Å². The predicted molar refractivity (Wildman–Crippen MR) is 118 cm³/mol. The largest absolute Gasteiger partial charge is 0.416 e. The van der Waals surface area contributed by atoms with Gasteiger partial charge < -0.3 is 10.6 Å². The van der Waals surface area contributed by atoms with Crippen molar-refractivity contribution in [3.8, 4) is 0 Å². The lowest BCUT2D eigenvalue weighted by Crippen LogP contribution is -2.13. The van der Waals surface area contributed by atoms with E-state index in [1.807, 2.05) is 0 Å². The van der Waals surface area contributed by atoms with E-state index in [0.29, 0.717) is 33.5 Å². The van der Waals surface area contributed by atoms with Crippen molar-refractivity contribution < 1.29 is 18.0 Å². The number of thioether (sulfide) groups is 1. The van der Waals surface area contributed by atoms with E-state index in [0.717, 1.165) is 28.8 Å². The zero-order valence-corrected chi connectivity index (χ0v) is 18.9. The van der Waals surface area contributed by atoms with E-state index in [-0.39, 0.29) is 29.3 Å². The average Bonchev–Trinajstić information content (AvgIpc) is 3.13. The molecule has 2 heterocycles. The van der Waals surface area contributed by atoms with E-state index in [4.69, 9.17) is 5.73 Å². The number of fused-ring (bicyclic) bond motifs is 1. The third-order valence-corrected chi connectivity index (χ3v) is 6.28. The van der Waals surface area contributed by atoms with Crippen LogP contribution in [-0.2, 0) is 12.7 Å². The number of anilines is 1. The fraction of sp³-hybridized carbons (Fsp3) is 0.316. The summed E-state index contributed by atoms with van der Waals surface area (Å²) in [5.41, 5.74) is 5.57. The minimum Gasteiger partial charge on any atom is -0.376 e. The summed E-state index contributed by atoms with van der Waals surface area (Å²) in [6.07, 6.45) is -4.50. The molecule has 0 aliphatic carbocycles. The summed E-state index contributed by atoms with van der Waals surface area (Å²) >= 11 is 2.43. The van der Waals surface area contributed by atoms with Crippen LogP contribution in [0.4, 0.5) is 18.9 Å². The molecule has 0 fully saturated rings. The molecule has 2 N–H and O–H groups in total. The van der Waals surface area contributed by atoms with E-state index in [2.05, 4.69) is 9.97 Å². The van der Waals surface area contributed by atoms with Gasteiger partial charge in [-0.2, -0.15) is 13.2 Å². The molecule has 0 aliphatic heterocycles. The number of rotatable bonds is 6. The van der Waals surface area contributed by atoms with Crippen molar-refractivity contribution in [2.24, 2.45) is 5.73 Å². The number of hydrogen-bond donors (Lipinski definition) is 1. The lowest BCUT2D eigenvalue weighted by Gasteiger charge is -2.19. The molecule has 2 aromatic heterocycles. The molecule has 30 heavy (non-hydrogen) atoms. The van der Waals surface area contributed by atoms with Crippen molar-refractivity contribution in [2.75, 3.05) is 24.7 Å². The molecular weight excluding hydrogens is 457 g/mol. The van der Waals surface area contributed by atoms with Crippen LogP contribution in [0.25, 0.3) is 10.9 Å². The Labute approximate surface area is 186 Å². The number of hydrogen-bond acceptors (Lipinski definition) is 7. The van der Waals surface area contributed by atoms with E-state index < -0.39 is 11.7 Å². The maximum absolute atomic E-state index is 13.4. The highest BCUT2D eigenvalue weighted by Crippen LogP contribution is 2.38. The third-order valence-electron chi connectivity index (χ3n) is 4.14. The van der Waals surface area contributed by atoms with Crippen LogP contribution >= 0.6 is 35.5 Å². The van der Waals surface area contributed by atoms with Crippen molar-refractivity contribution in [3.63, 3.8) is 0 Å². The summed E-state index contributed by atoms with van der Waals surface area (Å²) in [6, 6.07) is 5.64. The van der Waals surface area contributed by atoms with E-state index in [1.165, 1.54) is 11.3 Å². The normalized spacial score (nSPS) is 11.4. The van der Waals surface area contributed by atoms with E-state index >= 15 is 0 Å². The van der Waals surface area contributed by atoms with Gasteiger partial charge in [0.05, 0.1) is 27.4 Å². The third kappa shape index (κ3) is 5.23.